The Morgan fingerprint density at radius 3 is 2.75 bits per heavy atom. The maximum absolute atomic E-state index is 2.43. The standard InChI is InChI=1S/C15H21N/c1-13-7-6-10-16(2)12-15(13)11-14-8-4-3-5-9-14/h3-5,8-9,11,13H,6-7,10,12H2,1-2H3/b15-11+. The molecule has 86 valence electrons. The topological polar surface area (TPSA) is 3.24 Å². The molecule has 0 aliphatic carbocycles. The summed E-state index contributed by atoms with van der Waals surface area (Å²) in [6.45, 7) is 4.71. The first kappa shape index (κ1) is 11.4. The number of hydrogen-bond donors (Lipinski definition) is 0. The van der Waals surface area contributed by atoms with E-state index in [-0.39, 0.29) is 0 Å². The Morgan fingerprint density at radius 2 is 2.00 bits per heavy atom. The van der Waals surface area contributed by atoms with Gasteiger partial charge in [-0.15, -0.1) is 0 Å². The van der Waals surface area contributed by atoms with Crippen LogP contribution in [0.15, 0.2) is 35.9 Å². The van der Waals surface area contributed by atoms with Gasteiger partial charge in [-0.2, -0.15) is 0 Å². The van der Waals surface area contributed by atoms with E-state index in [0.717, 1.165) is 12.5 Å². The third kappa shape index (κ3) is 2.96. The fourth-order valence-corrected chi connectivity index (χ4v) is 2.35. The molecule has 1 aliphatic heterocycles. The van der Waals surface area contributed by atoms with E-state index < -0.39 is 0 Å². The lowest BCUT2D eigenvalue weighted by molar-refractivity contribution is 0.371. The predicted molar refractivity (Wildman–Crippen MR) is 70.3 cm³/mol. The van der Waals surface area contributed by atoms with Crippen molar-refractivity contribution < 1.29 is 0 Å². The van der Waals surface area contributed by atoms with E-state index in [1.165, 1.54) is 24.9 Å². The summed E-state index contributed by atoms with van der Waals surface area (Å²) in [5, 5.41) is 0. The Labute approximate surface area is 98.8 Å². The fraction of sp³-hybridized carbons (Fsp3) is 0.467. The van der Waals surface area contributed by atoms with Gasteiger partial charge in [0.05, 0.1) is 0 Å². The van der Waals surface area contributed by atoms with Crippen LogP contribution in [0.4, 0.5) is 0 Å². The highest BCUT2D eigenvalue weighted by molar-refractivity contribution is 5.53. The van der Waals surface area contributed by atoms with Crippen LogP contribution in [-0.4, -0.2) is 25.0 Å². The third-order valence-corrected chi connectivity index (χ3v) is 3.41. The van der Waals surface area contributed by atoms with Gasteiger partial charge in [-0.05, 0) is 37.9 Å². The summed E-state index contributed by atoms with van der Waals surface area (Å²) in [6, 6.07) is 10.7. The van der Waals surface area contributed by atoms with Crippen LogP contribution in [0.5, 0.6) is 0 Å². The lowest BCUT2D eigenvalue weighted by Crippen LogP contribution is -2.20. The molecule has 0 aromatic heterocycles. The van der Waals surface area contributed by atoms with Gasteiger partial charge < -0.3 is 4.90 Å². The van der Waals surface area contributed by atoms with Crippen molar-refractivity contribution in [3.05, 3.63) is 41.5 Å². The maximum atomic E-state index is 2.43. The Kier molecular flexibility index (Phi) is 3.79. The van der Waals surface area contributed by atoms with Crippen LogP contribution < -0.4 is 0 Å². The van der Waals surface area contributed by atoms with E-state index in [9.17, 15) is 0 Å². The Morgan fingerprint density at radius 1 is 1.25 bits per heavy atom. The van der Waals surface area contributed by atoms with Gasteiger partial charge in [-0.1, -0.05) is 48.9 Å². The van der Waals surface area contributed by atoms with Crippen molar-refractivity contribution in [2.45, 2.75) is 19.8 Å². The molecule has 0 saturated carbocycles. The minimum atomic E-state index is 0.727. The molecule has 1 nitrogen and oxygen atoms in total. The molecule has 1 atom stereocenters. The molecule has 1 fully saturated rings. The van der Waals surface area contributed by atoms with Gasteiger partial charge in [0, 0.05) is 6.54 Å². The summed E-state index contributed by atoms with van der Waals surface area (Å²) >= 11 is 0. The van der Waals surface area contributed by atoms with Crippen LogP contribution in [0.1, 0.15) is 25.3 Å². The molecular weight excluding hydrogens is 194 g/mol. The van der Waals surface area contributed by atoms with Crippen molar-refractivity contribution in [3.8, 4) is 0 Å². The normalized spacial score (nSPS) is 25.6. The SMILES string of the molecule is CC1CCCN(C)C/C1=C\c1ccccc1. The van der Waals surface area contributed by atoms with Gasteiger partial charge in [-0.3, -0.25) is 0 Å². The van der Waals surface area contributed by atoms with Gasteiger partial charge in [-0.25, -0.2) is 0 Å². The predicted octanol–water partition coefficient (Wildman–Crippen LogP) is 3.43. The van der Waals surface area contributed by atoms with Crippen LogP contribution in [-0.2, 0) is 0 Å². The average molecular weight is 215 g/mol. The van der Waals surface area contributed by atoms with Crippen molar-refractivity contribution in [1.82, 2.24) is 4.90 Å². The molecule has 0 amide bonds. The molecule has 0 spiro atoms. The summed E-state index contributed by atoms with van der Waals surface area (Å²) in [4.78, 5) is 2.43. The molecule has 2 rings (SSSR count). The van der Waals surface area contributed by atoms with Crippen LogP contribution in [0.2, 0.25) is 0 Å². The fourth-order valence-electron chi connectivity index (χ4n) is 2.35. The second kappa shape index (κ2) is 5.31. The minimum absolute atomic E-state index is 0.727. The monoisotopic (exact) mass is 215 g/mol. The lowest BCUT2D eigenvalue weighted by Gasteiger charge is -2.16. The average Bonchev–Trinajstić information content (AvgIpc) is 2.43. The van der Waals surface area contributed by atoms with E-state index in [4.69, 9.17) is 0 Å². The van der Waals surface area contributed by atoms with Crippen molar-refractivity contribution in [2.24, 2.45) is 5.92 Å². The first-order valence-corrected chi connectivity index (χ1v) is 6.20. The molecule has 1 aromatic rings. The van der Waals surface area contributed by atoms with E-state index in [2.05, 4.69) is 55.3 Å². The third-order valence-electron chi connectivity index (χ3n) is 3.41. The molecule has 1 heteroatoms. The highest BCUT2D eigenvalue weighted by atomic mass is 15.1. The van der Waals surface area contributed by atoms with E-state index >= 15 is 0 Å². The van der Waals surface area contributed by atoms with Gasteiger partial charge in [0.25, 0.3) is 0 Å². The van der Waals surface area contributed by atoms with Crippen LogP contribution in [0.3, 0.4) is 0 Å². The summed E-state index contributed by atoms with van der Waals surface area (Å²) in [7, 11) is 2.22. The molecule has 1 aliphatic rings. The van der Waals surface area contributed by atoms with Gasteiger partial charge in [0.1, 0.15) is 0 Å². The molecular formula is C15H21N. The zero-order valence-electron chi connectivity index (χ0n) is 10.3. The van der Waals surface area contributed by atoms with Gasteiger partial charge >= 0.3 is 0 Å². The number of rotatable bonds is 1. The van der Waals surface area contributed by atoms with Gasteiger partial charge in [0.15, 0.2) is 0 Å². The molecule has 1 aromatic carbocycles. The molecule has 0 N–H and O–H groups in total. The number of benzene rings is 1. The summed E-state index contributed by atoms with van der Waals surface area (Å²) in [5.41, 5.74) is 2.91. The summed E-state index contributed by atoms with van der Waals surface area (Å²) in [6.07, 6.45) is 5.01. The number of likely N-dealkylation sites (N-methyl/N-ethyl adjacent to an activating group) is 1. The van der Waals surface area contributed by atoms with Gasteiger partial charge in [0.2, 0.25) is 0 Å². The van der Waals surface area contributed by atoms with E-state index in [1.54, 1.807) is 5.57 Å². The van der Waals surface area contributed by atoms with Crippen LogP contribution >= 0.6 is 0 Å². The molecule has 1 saturated heterocycles. The number of hydrogen-bond acceptors (Lipinski definition) is 1. The van der Waals surface area contributed by atoms with Crippen LogP contribution in [0, 0.1) is 5.92 Å². The summed E-state index contributed by atoms with van der Waals surface area (Å²) in [5.74, 6) is 0.727. The van der Waals surface area contributed by atoms with Crippen LogP contribution in [0.25, 0.3) is 6.08 Å². The maximum Gasteiger partial charge on any atom is 0.0195 e. The summed E-state index contributed by atoms with van der Waals surface area (Å²) < 4.78 is 0. The minimum Gasteiger partial charge on any atom is -0.302 e. The number of likely N-dealkylation sites (tertiary alicyclic amines) is 1. The highest BCUT2D eigenvalue weighted by Crippen LogP contribution is 2.23. The van der Waals surface area contributed by atoms with Crippen molar-refractivity contribution >= 4 is 6.08 Å². The molecule has 0 radical (unpaired) electrons. The quantitative estimate of drug-likeness (QED) is 0.693. The Hall–Kier alpha value is -1.08. The van der Waals surface area contributed by atoms with Crippen molar-refractivity contribution in [1.29, 1.82) is 0 Å². The Balaban J connectivity index is 2.20. The zero-order chi connectivity index (χ0) is 11.4. The molecule has 1 unspecified atom stereocenters. The highest BCUT2D eigenvalue weighted by Gasteiger charge is 2.15. The lowest BCUT2D eigenvalue weighted by atomic mass is 9.95. The largest absolute Gasteiger partial charge is 0.302 e. The van der Waals surface area contributed by atoms with Crippen molar-refractivity contribution in [3.63, 3.8) is 0 Å². The van der Waals surface area contributed by atoms with E-state index in [0.29, 0.717) is 0 Å². The first-order valence-electron chi connectivity index (χ1n) is 6.20. The second-order valence-corrected chi connectivity index (χ2v) is 4.91. The second-order valence-electron chi connectivity index (χ2n) is 4.91. The first-order chi connectivity index (χ1) is 7.75. The molecule has 0 bridgehead atoms. The van der Waals surface area contributed by atoms with E-state index in [1.807, 2.05) is 0 Å². The Bertz CT molecular complexity index is 353. The molecule has 1 heterocycles. The number of nitrogens with zero attached hydrogens (tertiary/aromatic N) is 1. The molecule has 16 heavy (non-hydrogen) atoms. The zero-order valence-corrected chi connectivity index (χ0v) is 10.3. The smallest absolute Gasteiger partial charge is 0.0195 e. The van der Waals surface area contributed by atoms with Crippen molar-refractivity contribution in [2.75, 3.05) is 20.1 Å².